The smallest absolute Gasteiger partial charge is 0.209 e. The number of nitrogen functional groups attached to an aromatic ring is 1. The second-order valence-corrected chi connectivity index (χ2v) is 5.67. The van der Waals surface area contributed by atoms with E-state index in [1.54, 1.807) is 0 Å². The fourth-order valence-electron chi connectivity index (χ4n) is 3.00. The number of anilines is 1. The number of rotatable bonds is 3. The van der Waals surface area contributed by atoms with Crippen molar-refractivity contribution >= 4 is 16.8 Å². The van der Waals surface area contributed by atoms with Crippen LogP contribution in [0.1, 0.15) is 31.6 Å². The minimum atomic E-state index is -0.242. The van der Waals surface area contributed by atoms with E-state index >= 15 is 0 Å². The molecular weight excluding hydrogens is 254 g/mol. The third-order valence-corrected chi connectivity index (χ3v) is 4.10. The van der Waals surface area contributed by atoms with Crippen molar-refractivity contribution in [1.82, 2.24) is 9.88 Å². The highest BCUT2D eigenvalue weighted by molar-refractivity contribution is 5.76. The van der Waals surface area contributed by atoms with E-state index in [-0.39, 0.29) is 12.1 Å². The number of hydrogen-bond donors (Lipinski definition) is 2. The maximum atomic E-state index is 10.1. The molecule has 1 heterocycles. The van der Waals surface area contributed by atoms with Crippen molar-refractivity contribution in [2.45, 2.75) is 44.4 Å². The molecule has 1 aromatic heterocycles. The molecule has 5 nitrogen and oxygen atoms in total. The number of benzene rings is 1. The van der Waals surface area contributed by atoms with E-state index < -0.39 is 0 Å². The van der Waals surface area contributed by atoms with Gasteiger partial charge in [0.2, 0.25) is 5.89 Å². The zero-order valence-electron chi connectivity index (χ0n) is 11.7. The van der Waals surface area contributed by atoms with E-state index in [0.29, 0.717) is 18.1 Å². The van der Waals surface area contributed by atoms with Gasteiger partial charge in [-0.05, 0) is 38.1 Å². The fourth-order valence-corrected chi connectivity index (χ4v) is 3.00. The maximum absolute atomic E-state index is 10.1. The first-order chi connectivity index (χ1) is 9.63. The molecule has 0 radical (unpaired) electrons. The summed E-state index contributed by atoms with van der Waals surface area (Å²) in [6, 6.07) is 5.67. The zero-order valence-corrected chi connectivity index (χ0v) is 11.7. The zero-order chi connectivity index (χ0) is 14.1. The lowest BCUT2D eigenvalue weighted by Crippen LogP contribution is -2.42. The summed E-state index contributed by atoms with van der Waals surface area (Å²) in [5, 5.41) is 10.1. The molecule has 108 valence electrons. The second-order valence-electron chi connectivity index (χ2n) is 5.67. The number of aliphatic hydroxyl groups excluding tert-OH is 1. The van der Waals surface area contributed by atoms with Crippen LogP contribution in [-0.4, -0.2) is 34.2 Å². The van der Waals surface area contributed by atoms with Crippen molar-refractivity contribution in [3.63, 3.8) is 0 Å². The highest BCUT2D eigenvalue weighted by Gasteiger charge is 2.27. The molecule has 0 aliphatic heterocycles. The van der Waals surface area contributed by atoms with Gasteiger partial charge in [0.15, 0.2) is 5.58 Å². The molecule has 0 spiro atoms. The first-order valence-corrected chi connectivity index (χ1v) is 7.17. The van der Waals surface area contributed by atoms with Gasteiger partial charge < -0.3 is 15.3 Å². The van der Waals surface area contributed by atoms with Crippen molar-refractivity contribution < 1.29 is 9.52 Å². The summed E-state index contributed by atoms with van der Waals surface area (Å²) >= 11 is 0. The van der Waals surface area contributed by atoms with Crippen LogP contribution in [0.25, 0.3) is 11.1 Å². The summed E-state index contributed by atoms with van der Waals surface area (Å²) in [7, 11) is 2.02. The van der Waals surface area contributed by atoms with Crippen LogP contribution in [0.5, 0.6) is 0 Å². The first kappa shape index (κ1) is 13.4. The van der Waals surface area contributed by atoms with Gasteiger partial charge in [-0.3, -0.25) is 4.90 Å². The van der Waals surface area contributed by atoms with Crippen LogP contribution in [0.15, 0.2) is 22.6 Å². The van der Waals surface area contributed by atoms with Gasteiger partial charge in [0, 0.05) is 11.7 Å². The molecule has 2 unspecified atom stereocenters. The third-order valence-electron chi connectivity index (χ3n) is 4.10. The summed E-state index contributed by atoms with van der Waals surface area (Å²) in [6.07, 6.45) is 3.97. The standard InChI is InChI=1S/C15H21N3O2/c1-18(12-4-2-3-5-13(12)19)9-15-17-11-8-10(16)6-7-14(11)20-15/h6-8,12-13,19H,2-5,9,16H2,1H3. The number of oxazole rings is 1. The van der Waals surface area contributed by atoms with Crippen LogP contribution >= 0.6 is 0 Å². The molecule has 3 rings (SSSR count). The Morgan fingerprint density at radius 1 is 1.40 bits per heavy atom. The quantitative estimate of drug-likeness (QED) is 0.839. The summed E-state index contributed by atoms with van der Waals surface area (Å²) in [4.78, 5) is 6.60. The number of aromatic nitrogens is 1. The number of fused-ring (bicyclic) bond motifs is 1. The van der Waals surface area contributed by atoms with Gasteiger partial charge >= 0.3 is 0 Å². The summed E-state index contributed by atoms with van der Waals surface area (Å²) < 4.78 is 5.73. The van der Waals surface area contributed by atoms with Crippen LogP contribution in [0.3, 0.4) is 0 Å². The Morgan fingerprint density at radius 2 is 2.20 bits per heavy atom. The first-order valence-electron chi connectivity index (χ1n) is 7.17. The molecule has 5 heteroatoms. The van der Waals surface area contributed by atoms with E-state index in [2.05, 4.69) is 9.88 Å². The maximum Gasteiger partial charge on any atom is 0.209 e. The number of hydrogen-bond acceptors (Lipinski definition) is 5. The second kappa shape index (κ2) is 5.42. The Morgan fingerprint density at radius 3 is 3.00 bits per heavy atom. The lowest BCUT2D eigenvalue weighted by Gasteiger charge is -2.34. The monoisotopic (exact) mass is 275 g/mol. The minimum absolute atomic E-state index is 0.198. The third kappa shape index (κ3) is 2.64. The van der Waals surface area contributed by atoms with E-state index in [9.17, 15) is 5.11 Å². The van der Waals surface area contributed by atoms with Gasteiger partial charge in [-0.1, -0.05) is 12.8 Å². The summed E-state index contributed by atoms with van der Waals surface area (Å²) in [6.45, 7) is 0.607. The molecule has 1 aliphatic carbocycles. The van der Waals surface area contributed by atoms with Crippen molar-refractivity contribution in [2.75, 3.05) is 12.8 Å². The molecular formula is C15H21N3O2. The average molecular weight is 275 g/mol. The molecule has 1 fully saturated rings. The fraction of sp³-hybridized carbons (Fsp3) is 0.533. The normalized spacial score (nSPS) is 23.6. The number of aliphatic hydroxyl groups is 1. The Hall–Kier alpha value is -1.59. The van der Waals surface area contributed by atoms with Crippen LogP contribution in [0.4, 0.5) is 5.69 Å². The van der Waals surface area contributed by atoms with Gasteiger partial charge in [0.25, 0.3) is 0 Å². The van der Waals surface area contributed by atoms with Crippen LogP contribution in [0.2, 0.25) is 0 Å². The van der Waals surface area contributed by atoms with Crippen LogP contribution in [-0.2, 0) is 6.54 Å². The van der Waals surface area contributed by atoms with Gasteiger partial charge in [0.1, 0.15) is 5.52 Å². The number of nitrogens with two attached hydrogens (primary N) is 1. The largest absolute Gasteiger partial charge is 0.439 e. The van der Waals surface area contributed by atoms with Crippen LogP contribution in [0, 0.1) is 0 Å². The summed E-state index contributed by atoms with van der Waals surface area (Å²) in [5.41, 5.74) is 7.98. The molecule has 2 aromatic rings. The molecule has 2 atom stereocenters. The molecule has 1 aromatic carbocycles. The van der Waals surface area contributed by atoms with Gasteiger partial charge in [-0.15, -0.1) is 0 Å². The van der Waals surface area contributed by atoms with Gasteiger partial charge in [-0.25, -0.2) is 4.98 Å². The molecule has 1 aliphatic rings. The molecule has 0 amide bonds. The average Bonchev–Trinajstić information content (AvgIpc) is 2.80. The van der Waals surface area contributed by atoms with Crippen molar-refractivity contribution in [2.24, 2.45) is 0 Å². The highest BCUT2D eigenvalue weighted by atomic mass is 16.3. The van der Waals surface area contributed by atoms with E-state index in [0.717, 1.165) is 30.4 Å². The highest BCUT2D eigenvalue weighted by Crippen LogP contribution is 2.24. The Balaban J connectivity index is 1.75. The lowest BCUT2D eigenvalue weighted by atomic mass is 9.91. The van der Waals surface area contributed by atoms with Crippen molar-refractivity contribution in [3.05, 3.63) is 24.1 Å². The van der Waals surface area contributed by atoms with Crippen molar-refractivity contribution in [3.8, 4) is 0 Å². The lowest BCUT2D eigenvalue weighted by molar-refractivity contribution is 0.0258. The molecule has 0 saturated heterocycles. The van der Waals surface area contributed by atoms with E-state index in [1.165, 1.54) is 6.42 Å². The molecule has 20 heavy (non-hydrogen) atoms. The van der Waals surface area contributed by atoms with E-state index in [4.69, 9.17) is 10.2 Å². The molecule has 3 N–H and O–H groups in total. The Labute approximate surface area is 118 Å². The van der Waals surface area contributed by atoms with E-state index in [1.807, 2.05) is 25.2 Å². The Kier molecular flexibility index (Phi) is 3.63. The van der Waals surface area contributed by atoms with Gasteiger partial charge in [-0.2, -0.15) is 0 Å². The predicted molar refractivity (Wildman–Crippen MR) is 78.2 cm³/mol. The van der Waals surface area contributed by atoms with Crippen molar-refractivity contribution in [1.29, 1.82) is 0 Å². The molecule has 0 bridgehead atoms. The Bertz CT molecular complexity index is 596. The topological polar surface area (TPSA) is 75.5 Å². The number of likely N-dealkylation sites (N-methyl/N-ethyl adjacent to an activating group) is 1. The van der Waals surface area contributed by atoms with Crippen LogP contribution < -0.4 is 5.73 Å². The van der Waals surface area contributed by atoms with Gasteiger partial charge in [0.05, 0.1) is 12.6 Å². The molecule has 1 saturated carbocycles. The summed E-state index contributed by atoms with van der Waals surface area (Å²) in [5.74, 6) is 0.672. The minimum Gasteiger partial charge on any atom is -0.439 e. The predicted octanol–water partition coefficient (Wildman–Crippen LogP) is 2.15. The number of nitrogens with zero attached hydrogens (tertiary/aromatic N) is 2. The SMILES string of the molecule is CN(Cc1nc2cc(N)ccc2o1)C1CCCCC1O.